The van der Waals surface area contributed by atoms with Crippen LogP contribution in [-0.2, 0) is 0 Å². The van der Waals surface area contributed by atoms with Crippen molar-refractivity contribution in [1.29, 1.82) is 0 Å². The lowest BCUT2D eigenvalue weighted by Crippen LogP contribution is -1.90. The van der Waals surface area contributed by atoms with Gasteiger partial charge in [0.25, 0.3) is 0 Å². The van der Waals surface area contributed by atoms with Crippen LogP contribution in [0.2, 0.25) is 0 Å². The van der Waals surface area contributed by atoms with Crippen LogP contribution in [-0.4, -0.2) is 5.11 Å². The lowest BCUT2D eigenvalue weighted by atomic mass is 10.3. The highest BCUT2D eigenvalue weighted by Crippen LogP contribution is 2.30. The predicted molar refractivity (Wildman–Crippen MR) is 36.0 cm³/mol. The fourth-order valence-corrected chi connectivity index (χ4v) is 0.830. The summed E-state index contributed by atoms with van der Waals surface area (Å²) in [6.45, 7) is 0. The summed E-state index contributed by atoms with van der Waals surface area (Å²) in [4.78, 5) is 0. The van der Waals surface area contributed by atoms with Crippen LogP contribution in [0.3, 0.4) is 0 Å². The van der Waals surface area contributed by atoms with E-state index in [-0.39, 0.29) is 5.75 Å². The van der Waals surface area contributed by atoms with Gasteiger partial charge in [-0.15, -0.1) is 0 Å². The molecule has 2 rings (SSSR count). The maximum atomic E-state index is 8.97. The standard InChI is InChI=1S/C6H5N3O/c10-4-1-2-5-6(3-4)8-9-7-5/h1-3,10H,(H,7,8)/q+1. The Kier molecular flexibility index (Phi) is 0.887. The number of fused-ring (bicyclic) bond motifs is 1. The summed E-state index contributed by atoms with van der Waals surface area (Å²) >= 11 is 0. The van der Waals surface area contributed by atoms with Crippen LogP contribution in [0.5, 0.6) is 5.75 Å². The molecule has 1 radical (unpaired) electrons. The van der Waals surface area contributed by atoms with Crippen molar-refractivity contribution in [2.75, 3.05) is 5.43 Å². The first-order chi connectivity index (χ1) is 4.86. The van der Waals surface area contributed by atoms with E-state index >= 15 is 0 Å². The molecule has 0 aromatic heterocycles. The van der Waals surface area contributed by atoms with Gasteiger partial charge in [0.1, 0.15) is 16.6 Å². The van der Waals surface area contributed by atoms with Gasteiger partial charge in [0.05, 0.1) is 0 Å². The second-order valence-corrected chi connectivity index (χ2v) is 2.01. The fourth-order valence-electron chi connectivity index (χ4n) is 0.830. The quantitative estimate of drug-likeness (QED) is 0.524. The lowest BCUT2D eigenvalue weighted by molar-refractivity contribution is 0.475. The maximum Gasteiger partial charge on any atom is 0.331 e. The first kappa shape index (κ1) is 5.22. The summed E-state index contributed by atoms with van der Waals surface area (Å²) < 4.78 is 0. The van der Waals surface area contributed by atoms with E-state index in [0.717, 1.165) is 5.69 Å². The summed E-state index contributed by atoms with van der Waals surface area (Å²) in [6.07, 6.45) is 0. The number of anilines is 1. The van der Waals surface area contributed by atoms with Crippen molar-refractivity contribution in [3.63, 3.8) is 0 Å². The molecular weight excluding hydrogens is 130 g/mol. The summed E-state index contributed by atoms with van der Waals surface area (Å²) in [5.41, 5.74) is 4.19. The number of hydrogen-bond acceptors (Lipinski definition) is 4. The van der Waals surface area contributed by atoms with E-state index in [0.29, 0.717) is 5.69 Å². The Hall–Kier alpha value is -1.58. The smallest absolute Gasteiger partial charge is 0.331 e. The van der Waals surface area contributed by atoms with Gasteiger partial charge >= 0.3 is 5.22 Å². The zero-order valence-corrected chi connectivity index (χ0v) is 5.07. The number of benzene rings is 1. The molecule has 0 spiro atoms. The Bertz CT molecular complexity index is 295. The van der Waals surface area contributed by atoms with Crippen molar-refractivity contribution in [2.45, 2.75) is 0 Å². The highest BCUT2D eigenvalue weighted by atomic mass is 16.3. The number of hydrogen-bond donors (Lipinski definition) is 2. The summed E-state index contributed by atoms with van der Waals surface area (Å²) in [7, 11) is 0. The van der Waals surface area contributed by atoms with Gasteiger partial charge in [-0.05, 0) is 12.1 Å². The second-order valence-electron chi connectivity index (χ2n) is 2.01. The van der Waals surface area contributed by atoms with Crippen molar-refractivity contribution < 1.29 is 5.11 Å². The Morgan fingerprint density at radius 1 is 1.50 bits per heavy atom. The molecule has 0 unspecified atom stereocenters. The molecule has 0 amide bonds. The van der Waals surface area contributed by atoms with E-state index < -0.39 is 0 Å². The molecule has 49 valence electrons. The van der Waals surface area contributed by atoms with Gasteiger partial charge in [-0.2, -0.15) is 0 Å². The number of phenolic OH excluding ortho intramolecular Hbond substituents is 1. The predicted octanol–water partition coefficient (Wildman–Crippen LogP) is 1.15. The number of aromatic hydroxyl groups is 1. The minimum atomic E-state index is 0.210. The minimum absolute atomic E-state index is 0.210. The van der Waals surface area contributed by atoms with Crippen LogP contribution in [0.4, 0.5) is 11.4 Å². The van der Waals surface area contributed by atoms with Crippen LogP contribution < -0.4 is 10.6 Å². The third-order valence-corrected chi connectivity index (χ3v) is 1.31. The van der Waals surface area contributed by atoms with Crippen LogP contribution in [0, 0.1) is 0 Å². The highest BCUT2D eigenvalue weighted by Gasteiger charge is 2.16. The normalized spacial score (nSPS) is 12.8. The third kappa shape index (κ3) is 0.621. The van der Waals surface area contributed by atoms with Crippen molar-refractivity contribution in [3.05, 3.63) is 18.2 Å². The monoisotopic (exact) mass is 135 g/mol. The van der Waals surface area contributed by atoms with Gasteiger partial charge in [-0.1, -0.05) is 5.43 Å². The van der Waals surface area contributed by atoms with Gasteiger partial charge in [-0.25, -0.2) is 0 Å². The van der Waals surface area contributed by atoms with Crippen molar-refractivity contribution in [2.24, 2.45) is 5.11 Å². The van der Waals surface area contributed by atoms with Gasteiger partial charge in [0, 0.05) is 6.07 Å². The van der Waals surface area contributed by atoms with Crippen molar-refractivity contribution >= 4 is 11.4 Å². The van der Waals surface area contributed by atoms with E-state index in [4.69, 9.17) is 5.11 Å². The van der Waals surface area contributed by atoms with E-state index in [2.05, 4.69) is 15.8 Å². The third-order valence-electron chi connectivity index (χ3n) is 1.31. The van der Waals surface area contributed by atoms with Crippen molar-refractivity contribution in [3.8, 4) is 5.75 Å². The van der Waals surface area contributed by atoms with E-state index in [1.807, 2.05) is 0 Å². The molecule has 0 saturated heterocycles. The minimum Gasteiger partial charge on any atom is -0.508 e. The topological polar surface area (TPSA) is 58.7 Å². The van der Waals surface area contributed by atoms with E-state index in [9.17, 15) is 0 Å². The molecular formula is C6H5N3O+. The molecule has 10 heavy (non-hydrogen) atoms. The number of rotatable bonds is 0. The zero-order chi connectivity index (χ0) is 6.97. The van der Waals surface area contributed by atoms with Gasteiger partial charge in [0.15, 0.2) is 5.69 Å². The Morgan fingerprint density at radius 3 is 3.30 bits per heavy atom. The number of nitrogens with one attached hydrogen (secondary N) is 1. The van der Waals surface area contributed by atoms with Gasteiger partial charge < -0.3 is 5.11 Å². The van der Waals surface area contributed by atoms with Crippen LogP contribution in [0.25, 0.3) is 0 Å². The molecule has 0 fully saturated rings. The van der Waals surface area contributed by atoms with Crippen LogP contribution >= 0.6 is 0 Å². The highest BCUT2D eigenvalue weighted by molar-refractivity contribution is 5.68. The average Bonchev–Trinajstić information content (AvgIpc) is 2.33. The van der Waals surface area contributed by atoms with E-state index in [1.165, 1.54) is 0 Å². The van der Waals surface area contributed by atoms with Gasteiger partial charge in [-0.3, -0.25) is 0 Å². The SMILES string of the molecule is Oc1ccc2c(c1)N=[N+]N2. The molecule has 1 heterocycles. The van der Waals surface area contributed by atoms with Gasteiger partial charge in [0.2, 0.25) is 0 Å². The molecule has 1 aliphatic heterocycles. The molecule has 1 aromatic carbocycles. The van der Waals surface area contributed by atoms with Crippen LogP contribution in [0.1, 0.15) is 0 Å². The summed E-state index contributed by atoms with van der Waals surface area (Å²) in [5, 5.41) is 16.2. The molecule has 2 N–H and O–H groups in total. The maximum absolute atomic E-state index is 8.97. The fraction of sp³-hybridized carbons (Fsp3) is 0. The largest absolute Gasteiger partial charge is 0.508 e. The molecule has 4 nitrogen and oxygen atoms in total. The molecule has 0 bridgehead atoms. The summed E-state index contributed by atoms with van der Waals surface area (Å²) in [5.74, 6) is 0.210. The Morgan fingerprint density at radius 2 is 2.40 bits per heavy atom. The first-order valence-corrected chi connectivity index (χ1v) is 2.86. The number of nitrogens with zero attached hydrogens (tertiary/aromatic N) is 2. The Balaban J connectivity index is 2.60. The molecule has 4 heteroatoms. The van der Waals surface area contributed by atoms with Crippen molar-refractivity contribution in [1.82, 2.24) is 5.22 Å². The first-order valence-electron chi connectivity index (χ1n) is 2.86. The molecule has 0 atom stereocenters. The van der Waals surface area contributed by atoms with Crippen LogP contribution in [0.15, 0.2) is 23.3 Å². The number of phenols is 1. The molecule has 1 aromatic rings. The zero-order valence-electron chi connectivity index (χ0n) is 5.07. The second kappa shape index (κ2) is 1.70. The Labute approximate surface area is 57.2 Å². The molecule has 0 aliphatic carbocycles. The molecule has 1 aliphatic rings. The molecule has 0 saturated carbocycles. The summed E-state index contributed by atoms with van der Waals surface area (Å²) in [6, 6.07) is 4.87. The average molecular weight is 135 g/mol. The lowest BCUT2D eigenvalue weighted by Gasteiger charge is -1.89. The van der Waals surface area contributed by atoms with E-state index in [1.54, 1.807) is 18.2 Å².